The number of amides is 1. The molecule has 0 spiro atoms. The van der Waals surface area contributed by atoms with Crippen LogP contribution in [0.5, 0.6) is 5.75 Å². The normalized spacial score (nSPS) is 14.5. The van der Waals surface area contributed by atoms with E-state index in [9.17, 15) is 9.18 Å². The Labute approximate surface area is 155 Å². The van der Waals surface area contributed by atoms with E-state index >= 15 is 0 Å². The number of hydrogen-bond donors (Lipinski definition) is 1. The number of ether oxygens (including phenoxy) is 1. The largest absolute Gasteiger partial charge is 0.484 e. The first-order chi connectivity index (χ1) is 12.1. The van der Waals surface area contributed by atoms with Crippen LogP contribution >= 0.6 is 15.9 Å². The molecule has 0 bridgehead atoms. The number of nitrogens with one attached hydrogen (secondary N) is 1. The second kappa shape index (κ2) is 8.45. The Bertz CT molecular complexity index is 731. The molecule has 25 heavy (non-hydrogen) atoms. The Morgan fingerprint density at radius 1 is 1.16 bits per heavy atom. The molecule has 1 N–H and O–H groups in total. The summed E-state index contributed by atoms with van der Waals surface area (Å²) >= 11 is 3.18. The summed E-state index contributed by atoms with van der Waals surface area (Å²) in [6, 6.07) is 12.2. The predicted molar refractivity (Wildman–Crippen MR) is 99.2 cm³/mol. The molecule has 1 heterocycles. The Morgan fingerprint density at radius 2 is 1.88 bits per heavy atom. The molecule has 1 fully saturated rings. The second-order valence-corrected chi connectivity index (χ2v) is 7.00. The van der Waals surface area contributed by atoms with Crippen molar-refractivity contribution in [1.29, 1.82) is 0 Å². The lowest BCUT2D eigenvalue weighted by molar-refractivity contribution is -0.118. The molecular formula is C19H20BrFN2O2. The van der Waals surface area contributed by atoms with E-state index < -0.39 is 11.7 Å². The van der Waals surface area contributed by atoms with Crippen molar-refractivity contribution in [2.75, 3.05) is 25.0 Å². The van der Waals surface area contributed by atoms with Gasteiger partial charge < -0.3 is 10.1 Å². The van der Waals surface area contributed by atoms with Gasteiger partial charge in [0.05, 0.1) is 5.69 Å². The Balaban J connectivity index is 1.48. The van der Waals surface area contributed by atoms with Gasteiger partial charge in [0.25, 0.3) is 5.91 Å². The number of hydrogen-bond acceptors (Lipinski definition) is 3. The molecule has 0 atom stereocenters. The number of likely N-dealkylation sites (tertiary alicyclic amines) is 1. The summed E-state index contributed by atoms with van der Waals surface area (Å²) < 4.78 is 19.8. The Kier molecular flexibility index (Phi) is 6.04. The number of rotatable bonds is 6. The van der Waals surface area contributed by atoms with E-state index in [1.54, 1.807) is 6.07 Å². The van der Waals surface area contributed by atoms with Crippen LogP contribution < -0.4 is 10.1 Å². The quantitative estimate of drug-likeness (QED) is 0.781. The third-order valence-electron chi connectivity index (χ3n) is 4.10. The number of carbonyl (C=O) groups excluding carboxylic acids is 1. The van der Waals surface area contributed by atoms with Gasteiger partial charge in [-0.25, -0.2) is 4.39 Å². The zero-order chi connectivity index (χ0) is 17.6. The van der Waals surface area contributed by atoms with Gasteiger partial charge in [0.1, 0.15) is 11.6 Å². The summed E-state index contributed by atoms with van der Waals surface area (Å²) in [4.78, 5) is 14.3. The smallest absolute Gasteiger partial charge is 0.262 e. The van der Waals surface area contributed by atoms with Crippen LogP contribution in [0, 0.1) is 5.82 Å². The first-order valence-corrected chi connectivity index (χ1v) is 9.08. The van der Waals surface area contributed by atoms with E-state index in [1.807, 2.05) is 24.3 Å². The highest BCUT2D eigenvalue weighted by molar-refractivity contribution is 9.10. The minimum absolute atomic E-state index is 0.137. The number of benzene rings is 2. The van der Waals surface area contributed by atoms with Crippen molar-refractivity contribution in [3.63, 3.8) is 0 Å². The van der Waals surface area contributed by atoms with Crippen LogP contribution in [0.2, 0.25) is 0 Å². The van der Waals surface area contributed by atoms with Crippen molar-refractivity contribution in [1.82, 2.24) is 4.90 Å². The van der Waals surface area contributed by atoms with Gasteiger partial charge in [0.15, 0.2) is 6.61 Å². The van der Waals surface area contributed by atoms with Crippen LogP contribution in [-0.2, 0) is 11.3 Å². The second-order valence-electron chi connectivity index (χ2n) is 6.09. The zero-order valence-corrected chi connectivity index (χ0v) is 15.4. The van der Waals surface area contributed by atoms with Crippen LogP contribution in [0.25, 0.3) is 0 Å². The lowest BCUT2D eigenvalue weighted by Crippen LogP contribution is -2.21. The number of carbonyl (C=O) groups is 1. The molecular weight excluding hydrogens is 387 g/mol. The lowest BCUT2D eigenvalue weighted by atomic mass is 10.2. The van der Waals surface area contributed by atoms with Crippen LogP contribution in [0.1, 0.15) is 18.4 Å². The molecule has 0 aromatic heterocycles. The summed E-state index contributed by atoms with van der Waals surface area (Å²) in [6.07, 6.45) is 2.55. The first-order valence-electron chi connectivity index (χ1n) is 8.29. The molecule has 2 aromatic carbocycles. The average Bonchev–Trinajstić information content (AvgIpc) is 3.10. The standard InChI is InChI=1S/C19H20BrFN2O2/c20-15-5-8-18(17(21)11-15)22-19(24)13-25-16-6-3-14(4-7-16)12-23-9-1-2-10-23/h3-8,11H,1-2,9-10,12-13H2,(H,22,24). The first kappa shape index (κ1) is 17.9. The summed E-state index contributed by atoms with van der Waals surface area (Å²) in [7, 11) is 0. The number of anilines is 1. The topological polar surface area (TPSA) is 41.6 Å². The zero-order valence-electron chi connectivity index (χ0n) is 13.8. The van der Waals surface area contributed by atoms with Gasteiger partial charge in [-0.3, -0.25) is 9.69 Å². The van der Waals surface area contributed by atoms with Crippen molar-refractivity contribution in [3.05, 3.63) is 58.3 Å². The van der Waals surface area contributed by atoms with E-state index in [2.05, 4.69) is 26.1 Å². The molecule has 3 rings (SSSR count). The van der Waals surface area contributed by atoms with Crippen LogP contribution in [0.15, 0.2) is 46.9 Å². The van der Waals surface area contributed by atoms with E-state index in [4.69, 9.17) is 4.74 Å². The van der Waals surface area contributed by atoms with Crippen molar-refractivity contribution >= 4 is 27.5 Å². The molecule has 0 radical (unpaired) electrons. The SMILES string of the molecule is O=C(COc1ccc(CN2CCCC2)cc1)Nc1ccc(Br)cc1F. The monoisotopic (exact) mass is 406 g/mol. The summed E-state index contributed by atoms with van der Waals surface area (Å²) in [6.45, 7) is 3.10. The fourth-order valence-electron chi connectivity index (χ4n) is 2.82. The van der Waals surface area contributed by atoms with Gasteiger partial charge >= 0.3 is 0 Å². The van der Waals surface area contributed by atoms with E-state index in [1.165, 1.54) is 30.5 Å². The molecule has 1 aliphatic rings. The van der Waals surface area contributed by atoms with Crippen LogP contribution in [-0.4, -0.2) is 30.5 Å². The fraction of sp³-hybridized carbons (Fsp3) is 0.316. The van der Waals surface area contributed by atoms with Crippen molar-refractivity contribution < 1.29 is 13.9 Å². The van der Waals surface area contributed by atoms with Gasteiger partial charge in [0.2, 0.25) is 0 Å². The Hall–Kier alpha value is -1.92. The van der Waals surface area contributed by atoms with Crippen LogP contribution in [0.3, 0.4) is 0 Å². The summed E-state index contributed by atoms with van der Waals surface area (Å²) in [5, 5.41) is 2.50. The maximum atomic E-state index is 13.7. The third-order valence-corrected chi connectivity index (χ3v) is 4.60. The molecule has 132 valence electrons. The minimum atomic E-state index is -0.492. The molecule has 1 amide bonds. The van der Waals surface area contributed by atoms with Gasteiger partial charge in [-0.2, -0.15) is 0 Å². The molecule has 2 aromatic rings. The highest BCUT2D eigenvalue weighted by Gasteiger charge is 2.12. The minimum Gasteiger partial charge on any atom is -0.484 e. The summed E-state index contributed by atoms with van der Waals surface area (Å²) in [5.41, 5.74) is 1.37. The lowest BCUT2D eigenvalue weighted by Gasteiger charge is -2.14. The van der Waals surface area contributed by atoms with Crippen molar-refractivity contribution in [3.8, 4) is 5.75 Å². The van der Waals surface area contributed by atoms with E-state index in [0.29, 0.717) is 10.2 Å². The van der Waals surface area contributed by atoms with E-state index in [-0.39, 0.29) is 12.3 Å². The highest BCUT2D eigenvalue weighted by atomic mass is 79.9. The molecule has 4 nitrogen and oxygen atoms in total. The Morgan fingerprint density at radius 3 is 2.56 bits per heavy atom. The highest BCUT2D eigenvalue weighted by Crippen LogP contribution is 2.20. The molecule has 0 aliphatic carbocycles. The van der Waals surface area contributed by atoms with Crippen LogP contribution in [0.4, 0.5) is 10.1 Å². The molecule has 6 heteroatoms. The molecule has 1 aliphatic heterocycles. The number of nitrogens with zero attached hydrogens (tertiary/aromatic N) is 1. The van der Waals surface area contributed by atoms with Gasteiger partial charge in [-0.1, -0.05) is 28.1 Å². The molecule has 0 unspecified atom stereocenters. The van der Waals surface area contributed by atoms with Gasteiger partial charge in [-0.15, -0.1) is 0 Å². The summed E-state index contributed by atoms with van der Waals surface area (Å²) in [5.74, 6) is -0.270. The van der Waals surface area contributed by atoms with Crippen molar-refractivity contribution in [2.24, 2.45) is 0 Å². The van der Waals surface area contributed by atoms with Crippen molar-refractivity contribution in [2.45, 2.75) is 19.4 Å². The third kappa shape index (κ3) is 5.28. The number of halogens is 2. The van der Waals surface area contributed by atoms with Gasteiger partial charge in [0, 0.05) is 11.0 Å². The molecule has 0 saturated carbocycles. The average molecular weight is 407 g/mol. The van der Waals surface area contributed by atoms with E-state index in [0.717, 1.165) is 19.6 Å². The fourth-order valence-corrected chi connectivity index (χ4v) is 3.15. The van der Waals surface area contributed by atoms with Gasteiger partial charge in [-0.05, 0) is 61.8 Å². The maximum Gasteiger partial charge on any atom is 0.262 e. The maximum absolute atomic E-state index is 13.7. The predicted octanol–water partition coefficient (Wildman–Crippen LogP) is 4.20. The molecule has 1 saturated heterocycles.